The first-order valence-corrected chi connectivity index (χ1v) is 15.0. The van der Waals surface area contributed by atoms with Crippen LogP contribution in [0.5, 0.6) is 0 Å². The van der Waals surface area contributed by atoms with Crippen molar-refractivity contribution in [2.24, 2.45) is 0 Å². The van der Waals surface area contributed by atoms with Gasteiger partial charge in [0.15, 0.2) is 0 Å². The Kier molecular flexibility index (Phi) is 15.0. The Morgan fingerprint density at radius 2 is 1.38 bits per heavy atom. The molecule has 0 saturated carbocycles. The molecule has 0 bridgehead atoms. The molecule has 0 fully saturated rings. The van der Waals surface area contributed by atoms with E-state index in [0.717, 1.165) is 15.9 Å². The predicted octanol–water partition coefficient (Wildman–Crippen LogP) is 2.79. The van der Waals surface area contributed by atoms with Crippen LogP contribution in [0.15, 0.2) is 91.0 Å². The van der Waals surface area contributed by atoms with Gasteiger partial charge in [0.1, 0.15) is 0 Å². The molecule has 5 aromatic rings. The van der Waals surface area contributed by atoms with Crippen molar-refractivity contribution in [1.82, 2.24) is 0 Å². The van der Waals surface area contributed by atoms with Gasteiger partial charge in [-0.2, -0.15) is 17.2 Å². The largest absolute Gasteiger partial charge is 4.00 e. The van der Waals surface area contributed by atoms with E-state index in [9.17, 15) is 0 Å². The molecule has 0 heterocycles. The molecule has 1 radical (unpaired) electrons. The molecule has 1 unspecified atom stereocenters. The molecule has 191 valence electrons. The van der Waals surface area contributed by atoms with Crippen LogP contribution >= 0.6 is 0 Å². The van der Waals surface area contributed by atoms with E-state index in [1.54, 1.807) is 11.1 Å². The number of halogens is 2. The monoisotopic (exact) mass is 621 g/mol. The molecule has 0 aromatic heterocycles. The molecule has 1 aliphatic carbocycles. The summed E-state index contributed by atoms with van der Waals surface area (Å²) < 4.78 is 0. The standard InChI is InChI=1S/C21H21.C10H9.C2H7Si.2ClH.Zr/c1-15(16-6-3-2-4-7-16)12-19-10-11-20-13-17-8-5-9-18(17)14-21(19)20;1-8-6-7-9-4-2-3-5-10(8)9;1-3-2;;;/h2-4,6-7,10-11,13-15H,5,8-9,12H2,1H3;2-7H,1H3;3H,1-2H3;2*1H;/q2*-1;;;;+4/p-2. The van der Waals surface area contributed by atoms with Gasteiger partial charge in [-0.1, -0.05) is 80.9 Å². The normalized spacial score (nSPS) is 12.0. The summed E-state index contributed by atoms with van der Waals surface area (Å²) in [6.07, 6.45) is 5.00. The van der Waals surface area contributed by atoms with E-state index in [0.29, 0.717) is 5.92 Å². The summed E-state index contributed by atoms with van der Waals surface area (Å²) in [4.78, 5) is 0. The van der Waals surface area contributed by atoms with E-state index in [4.69, 9.17) is 0 Å². The van der Waals surface area contributed by atoms with E-state index in [2.05, 4.69) is 118 Å². The predicted molar refractivity (Wildman–Crippen MR) is 153 cm³/mol. The second-order valence-corrected chi connectivity index (χ2v) is 10.8. The van der Waals surface area contributed by atoms with Gasteiger partial charge in [0.2, 0.25) is 0 Å². The Bertz CT molecular complexity index is 1340. The van der Waals surface area contributed by atoms with Crippen LogP contribution in [0.25, 0.3) is 21.5 Å². The van der Waals surface area contributed by atoms with Crippen LogP contribution in [0, 0.1) is 6.92 Å². The van der Waals surface area contributed by atoms with Crippen LogP contribution in [0.2, 0.25) is 13.1 Å². The van der Waals surface area contributed by atoms with E-state index < -0.39 is 0 Å². The summed E-state index contributed by atoms with van der Waals surface area (Å²) in [6.45, 7) is 8.89. The van der Waals surface area contributed by atoms with E-state index in [1.165, 1.54) is 57.5 Å². The smallest absolute Gasteiger partial charge is 1.00 e. The summed E-state index contributed by atoms with van der Waals surface area (Å²) in [5.41, 5.74) is 7.48. The number of hydrogen-bond donors (Lipinski definition) is 0. The van der Waals surface area contributed by atoms with Crippen molar-refractivity contribution in [1.29, 1.82) is 0 Å². The molecule has 37 heavy (non-hydrogen) atoms. The number of benzene rings is 3. The van der Waals surface area contributed by atoms with Crippen molar-refractivity contribution in [3.8, 4) is 0 Å². The summed E-state index contributed by atoms with van der Waals surface area (Å²) in [5, 5.41) is 5.65. The fraction of sp³-hybridized carbons (Fsp3) is 0.273. The molecule has 0 spiro atoms. The van der Waals surface area contributed by atoms with Gasteiger partial charge in [-0.25, -0.2) is 0 Å². The molecule has 0 nitrogen and oxygen atoms in total. The van der Waals surface area contributed by atoms with Gasteiger partial charge in [-0.15, -0.1) is 70.1 Å². The zero-order valence-corrected chi connectivity index (χ0v) is 27.5. The minimum absolute atomic E-state index is 0. The summed E-state index contributed by atoms with van der Waals surface area (Å²) >= 11 is 0. The third kappa shape index (κ3) is 8.52. The molecule has 0 amide bonds. The van der Waals surface area contributed by atoms with Crippen LogP contribution < -0.4 is 24.8 Å². The maximum Gasteiger partial charge on any atom is 4.00 e. The third-order valence-corrected chi connectivity index (χ3v) is 6.87. The first kappa shape index (κ1) is 33.6. The summed E-state index contributed by atoms with van der Waals surface area (Å²) in [6, 6.07) is 33.2. The van der Waals surface area contributed by atoms with Gasteiger partial charge in [0.25, 0.3) is 0 Å². The van der Waals surface area contributed by atoms with Crippen LogP contribution in [-0.4, -0.2) is 9.52 Å². The molecule has 0 aliphatic heterocycles. The topological polar surface area (TPSA) is 0 Å². The van der Waals surface area contributed by atoms with Crippen molar-refractivity contribution in [3.63, 3.8) is 0 Å². The average Bonchev–Trinajstić information content (AvgIpc) is 3.58. The van der Waals surface area contributed by atoms with Gasteiger partial charge in [-0.05, 0) is 30.7 Å². The fourth-order valence-corrected chi connectivity index (χ4v) is 5.05. The van der Waals surface area contributed by atoms with Gasteiger partial charge < -0.3 is 24.8 Å². The van der Waals surface area contributed by atoms with E-state index in [1.807, 2.05) is 0 Å². The second-order valence-electron chi connectivity index (χ2n) is 9.62. The van der Waals surface area contributed by atoms with Crippen LogP contribution in [0.1, 0.15) is 47.1 Å². The Labute approximate surface area is 257 Å². The van der Waals surface area contributed by atoms with Gasteiger partial charge in [0, 0.05) is 9.52 Å². The molecular weight excluding hydrogens is 587 g/mol. The molecule has 5 aromatic carbocycles. The minimum Gasteiger partial charge on any atom is -1.00 e. The SMILES string of the molecule is CC(Cc1c[cH-]c2cc3c(cc12)CCC3)c1ccccc1.C[SiH]C.Cc1c[cH-]c2ccccc12.[Cl-].[Cl-].[Zr+4]. The van der Waals surface area contributed by atoms with Gasteiger partial charge in [0.05, 0.1) is 0 Å². The van der Waals surface area contributed by atoms with E-state index >= 15 is 0 Å². The zero-order valence-electron chi connectivity index (χ0n) is 22.4. The fourth-order valence-electron chi connectivity index (χ4n) is 5.05. The Morgan fingerprint density at radius 1 is 0.784 bits per heavy atom. The Balaban J connectivity index is 0.000000364. The van der Waals surface area contributed by atoms with Gasteiger partial charge >= 0.3 is 26.2 Å². The van der Waals surface area contributed by atoms with Crippen molar-refractivity contribution in [2.45, 2.75) is 58.5 Å². The Hall–Kier alpha value is -1.44. The molecule has 1 aliphatic rings. The van der Waals surface area contributed by atoms with E-state index in [-0.39, 0.29) is 51.0 Å². The molecular formula is C33H37Cl2SiZr. The maximum absolute atomic E-state index is 2.46. The quantitative estimate of drug-likeness (QED) is 0.214. The van der Waals surface area contributed by atoms with Gasteiger partial charge in [-0.3, -0.25) is 0 Å². The first-order valence-electron chi connectivity index (χ1n) is 12.7. The third-order valence-electron chi connectivity index (χ3n) is 6.87. The molecule has 1 atom stereocenters. The van der Waals surface area contributed by atoms with Crippen molar-refractivity contribution < 1.29 is 51.0 Å². The van der Waals surface area contributed by atoms with Crippen molar-refractivity contribution in [3.05, 3.63) is 119 Å². The zero-order chi connectivity index (χ0) is 23.9. The number of hydrogen-bond acceptors (Lipinski definition) is 0. The second kappa shape index (κ2) is 16.5. The minimum atomic E-state index is 0. The number of fused-ring (bicyclic) bond motifs is 3. The summed E-state index contributed by atoms with van der Waals surface area (Å²) in [5.74, 6) is 0.574. The average molecular weight is 624 g/mol. The summed E-state index contributed by atoms with van der Waals surface area (Å²) in [7, 11) is 0.750. The van der Waals surface area contributed by atoms with Crippen LogP contribution in [0.3, 0.4) is 0 Å². The van der Waals surface area contributed by atoms with Crippen molar-refractivity contribution >= 4 is 31.1 Å². The Morgan fingerprint density at radius 3 is 2.05 bits per heavy atom. The van der Waals surface area contributed by atoms with Crippen LogP contribution in [-0.2, 0) is 45.5 Å². The number of aryl methyl sites for hydroxylation is 3. The maximum atomic E-state index is 2.46. The molecule has 0 saturated heterocycles. The first-order chi connectivity index (χ1) is 16.6. The van der Waals surface area contributed by atoms with Crippen molar-refractivity contribution in [2.75, 3.05) is 0 Å². The molecule has 4 heteroatoms. The molecule has 6 rings (SSSR count). The molecule has 0 N–H and O–H groups in total. The number of rotatable bonds is 3. The van der Waals surface area contributed by atoms with Crippen LogP contribution in [0.4, 0.5) is 0 Å².